The summed E-state index contributed by atoms with van der Waals surface area (Å²) < 4.78 is 1.20. The summed E-state index contributed by atoms with van der Waals surface area (Å²) in [6.07, 6.45) is 0. The number of benzene rings is 1. The Hall–Kier alpha value is -0.290. The molecular formula is C14H16BrNS2. The predicted octanol–water partition coefficient (Wildman–Crippen LogP) is 5.08. The molecule has 1 nitrogen and oxygen atoms in total. The first kappa shape index (κ1) is 14.1. The van der Waals surface area contributed by atoms with Gasteiger partial charge in [-0.1, -0.05) is 12.1 Å². The summed E-state index contributed by atoms with van der Waals surface area (Å²) in [4.78, 5) is 2.73. The van der Waals surface area contributed by atoms with E-state index in [0.717, 1.165) is 5.75 Å². The maximum atomic E-state index is 3.50. The maximum absolute atomic E-state index is 3.50. The second-order valence-electron chi connectivity index (χ2n) is 4.08. The van der Waals surface area contributed by atoms with Crippen LogP contribution in [0.5, 0.6) is 0 Å². The topological polar surface area (TPSA) is 12.0 Å². The lowest BCUT2D eigenvalue weighted by molar-refractivity contribution is 0.651. The zero-order chi connectivity index (χ0) is 13.0. The highest BCUT2D eigenvalue weighted by atomic mass is 79.9. The van der Waals surface area contributed by atoms with Gasteiger partial charge in [-0.05, 0) is 59.7 Å². The fraction of sp³-hybridized carbons (Fsp3) is 0.286. The average Bonchev–Trinajstić information content (AvgIpc) is 2.81. The van der Waals surface area contributed by atoms with E-state index in [0.29, 0.717) is 6.04 Å². The number of thioether (sulfide) groups is 1. The first-order valence-corrected chi connectivity index (χ1v) is 8.43. The molecule has 0 amide bonds. The molecule has 1 atom stereocenters. The minimum Gasteiger partial charge on any atom is -0.313 e. The van der Waals surface area contributed by atoms with Crippen LogP contribution in [-0.4, -0.2) is 7.05 Å². The Kier molecular flexibility index (Phi) is 5.30. The van der Waals surface area contributed by atoms with E-state index in [4.69, 9.17) is 0 Å². The second-order valence-corrected chi connectivity index (χ2v) is 7.67. The van der Waals surface area contributed by atoms with Crippen LogP contribution in [0.2, 0.25) is 0 Å². The number of thiophene rings is 1. The van der Waals surface area contributed by atoms with Crippen molar-refractivity contribution in [3.63, 3.8) is 0 Å². The first-order valence-electron chi connectivity index (χ1n) is 5.83. The Bertz CT molecular complexity index is 510. The van der Waals surface area contributed by atoms with E-state index >= 15 is 0 Å². The van der Waals surface area contributed by atoms with Gasteiger partial charge in [0.25, 0.3) is 0 Å². The molecule has 1 aromatic carbocycles. The molecule has 0 aliphatic heterocycles. The van der Waals surface area contributed by atoms with Crippen molar-refractivity contribution in [1.82, 2.24) is 5.32 Å². The van der Waals surface area contributed by atoms with Gasteiger partial charge in [0.05, 0.1) is 3.79 Å². The molecule has 1 aromatic heterocycles. The molecule has 0 fully saturated rings. The van der Waals surface area contributed by atoms with Gasteiger partial charge in [0.15, 0.2) is 0 Å². The monoisotopic (exact) mass is 341 g/mol. The Morgan fingerprint density at radius 3 is 2.83 bits per heavy atom. The largest absolute Gasteiger partial charge is 0.313 e. The molecule has 2 rings (SSSR count). The molecule has 0 aliphatic carbocycles. The Balaban J connectivity index is 2.01. The van der Waals surface area contributed by atoms with Crippen molar-refractivity contribution < 1.29 is 0 Å². The van der Waals surface area contributed by atoms with E-state index < -0.39 is 0 Å². The minimum absolute atomic E-state index is 0.404. The van der Waals surface area contributed by atoms with Crippen LogP contribution in [-0.2, 0) is 5.75 Å². The molecule has 1 heterocycles. The van der Waals surface area contributed by atoms with Crippen molar-refractivity contribution in [3.8, 4) is 0 Å². The van der Waals surface area contributed by atoms with Crippen molar-refractivity contribution in [2.45, 2.75) is 23.6 Å². The highest BCUT2D eigenvalue weighted by molar-refractivity contribution is 9.11. The van der Waals surface area contributed by atoms with E-state index in [1.807, 2.05) is 18.8 Å². The number of nitrogens with one attached hydrogen (secondary N) is 1. The quantitative estimate of drug-likeness (QED) is 0.760. The standard InChI is InChI=1S/C14H16BrNS2/c1-10(16-2)11-4-3-5-12(8-11)17-9-13-6-7-14(15)18-13/h3-8,10,16H,9H2,1-2H3. The van der Waals surface area contributed by atoms with E-state index in [2.05, 4.69) is 64.6 Å². The summed E-state index contributed by atoms with van der Waals surface area (Å²) >= 11 is 7.20. The van der Waals surface area contributed by atoms with Gasteiger partial charge in [-0.2, -0.15) is 0 Å². The van der Waals surface area contributed by atoms with Crippen LogP contribution in [0.25, 0.3) is 0 Å². The van der Waals surface area contributed by atoms with E-state index in [1.54, 1.807) is 11.3 Å². The zero-order valence-corrected chi connectivity index (χ0v) is 13.7. The molecular weight excluding hydrogens is 326 g/mol. The number of hydrogen-bond acceptors (Lipinski definition) is 3. The van der Waals surface area contributed by atoms with Crippen LogP contribution >= 0.6 is 39.0 Å². The lowest BCUT2D eigenvalue weighted by atomic mass is 10.1. The Labute approximate surface area is 125 Å². The summed E-state index contributed by atoms with van der Waals surface area (Å²) in [5.41, 5.74) is 1.34. The van der Waals surface area contributed by atoms with Crippen molar-refractivity contribution in [2.75, 3.05) is 7.05 Å². The van der Waals surface area contributed by atoms with Crippen LogP contribution in [0.4, 0.5) is 0 Å². The summed E-state index contributed by atoms with van der Waals surface area (Å²) in [6.45, 7) is 2.18. The maximum Gasteiger partial charge on any atom is 0.0701 e. The van der Waals surface area contributed by atoms with E-state index in [1.165, 1.54) is 19.1 Å². The van der Waals surface area contributed by atoms with E-state index in [-0.39, 0.29) is 0 Å². The van der Waals surface area contributed by atoms with Gasteiger partial charge in [-0.15, -0.1) is 23.1 Å². The molecule has 0 aliphatic rings. The molecule has 0 saturated carbocycles. The van der Waals surface area contributed by atoms with Gasteiger partial charge in [0.2, 0.25) is 0 Å². The highest BCUT2D eigenvalue weighted by Crippen LogP contribution is 2.30. The average molecular weight is 342 g/mol. The van der Waals surface area contributed by atoms with Gasteiger partial charge >= 0.3 is 0 Å². The molecule has 4 heteroatoms. The van der Waals surface area contributed by atoms with Crippen LogP contribution in [0, 0.1) is 0 Å². The highest BCUT2D eigenvalue weighted by Gasteiger charge is 2.04. The zero-order valence-electron chi connectivity index (χ0n) is 10.4. The van der Waals surface area contributed by atoms with Gasteiger partial charge in [0.1, 0.15) is 0 Å². The molecule has 0 spiro atoms. The van der Waals surface area contributed by atoms with Crippen LogP contribution in [0.3, 0.4) is 0 Å². The van der Waals surface area contributed by atoms with Gasteiger partial charge in [0, 0.05) is 21.6 Å². The van der Waals surface area contributed by atoms with Gasteiger partial charge in [-0.25, -0.2) is 0 Å². The van der Waals surface area contributed by atoms with Gasteiger partial charge in [-0.3, -0.25) is 0 Å². The van der Waals surface area contributed by atoms with Crippen LogP contribution < -0.4 is 5.32 Å². The summed E-state index contributed by atoms with van der Waals surface area (Å²) in [7, 11) is 1.99. The summed E-state index contributed by atoms with van der Waals surface area (Å²) in [6, 6.07) is 13.5. The lowest BCUT2D eigenvalue weighted by Crippen LogP contribution is -2.11. The van der Waals surface area contributed by atoms with Crippen LogP contribution in [0.1, 0.15) is 23.4 Å². The number of halogens is 1. The van der Waals surface area contributed by atoms with Crippen molar-refractivity contribution >= 4 is 39.0 Å². The van der Waals surface area contributed by atoms with Crippen LogP contribution in [0.15, 0.2) is 45.1 Å². The summed E-state index contributed by atoms with van der Waals surface area (Å²) in [5.74, 6) is 1.04. The molecule has 1 N–H and O–H groups in total. The third-order valence-corrected chi connectivity index (χ3v) is 5.65. The predicted molar refractivity (Wildman–Crippen MR) is 85.5 cm³/mol. The minimum atomic E-state index is 0.404. The van der Waals surface area contributed by atoms with Crippen molar-refractivity contribution in [1.29, 1.82) is 0 Å². The third kappa shape index (κ3) is 3.85. The molecule has 96 valence electrons. The third-order valence-electron chi connectivity index (χ3n) is 2.80. The van der Waals surface area contributed by atoms with Crippen molar-refractivity contribution in [2.24, 2.45) is 0 Å². The smallest absolute Gasteiger partial charge is 0.0701 e. The fourth-order valence-electron chi connectivity index (χ4n) is 1.62. The normalized spacial score (nSPS) is 12.6. The Morgan fingerprint density at radius 1 is 1.33 bits per heavy atom. The summed E-state index contributed by atoms with van der Waals surface area (Å²) in [5, 5.41) is 3.27. The second kappa shape index (κ2) is 6.75. The molecule has 1 unspecified atom stereocenters. The van der Waals surface area contributed by atoms with Crippen molar-refractivity contribution in [3.05, 3.63) is 50.6 Å². The molecule has 2 aromatic rings. The number of rotatable bonds is 5. The lowest BCUT2D eigenvalue weighted by Gasteiger charge is -2.11. The van der Waals surface area contributed by atoms with E-state index in [9.17, 15) is 0 Å². The molecule has 0 saturated heterocycles. The molecule has 0 radical (unpaired) electrons. The molecule has 18 heavy (non-hydrogen) atoms. The first-order chi connectivity index (χ1) is 8.69. The van der Waals surface area contributed by atoms with Gasteiger partial charge < -0.3 is 5.32 Å². The molecule has 0 bridgehead atoms. The Morgan fingerprint density at radius 2 is 2.17 bits per heavy atom. The SMILES string of the molecule is CNC(C)c1cccc(SCc2ccc(Br)s2)c1. The fourth-order valence-corrected chi connectivity index (χ4v) is 4.11. The number of hydrogen-bond donors (Lipinski definition) is 1.